The summed E-state index contributed by atoms with van der Waals surface area (Å²) >= 11 is 1.47. The normalized spacial score (nSPS) is 12.0. The number of rotatable bonds is 9. The predicted octanol–water partition coefficient (Wildman–Crippen LogP) is 5.13. The van der Waals surface area contributed by atoms with Crippen molar-refractivity contribution in [3.63, 3.8) is 0 Å². The van der Waals surface area contributed by atoms with E-state index in [1.165, 1.54) is 23.5 Å². The van der Waals surface area contributed by atoms with E-state index in [0.29, 0.717) is 35.0 Å². The third-order valence-corrected chi connectivity index (χ3v) is 5.59. The highest BCUT2D eigenvalue weighted by atomic mass is 32.1. The lowest BCUT2D eigenvalue weighted by Crippen LogP contribution is -2.15. The Morgan fingerprint density at radius 1 is 1.09 bits per heavy atom. The fraction of sp³-hybridized carbons (Fsp3) is 0.250. The molecule has 0 saturated heterocycles. The van der Waals surface area contributed by atoms with E-state index in [1.807, 2.05) is 24.4 Å². The van der Waals surface area contributed by atoms with Crippen molar-refractivity contribution < 1.29 is 18.6 Å². The van der Waals surface area contributed by atoms with Crippen LogP contribution >= 0.6 is 11.3 Å². The van der Waals surface area contributed by atoms with Gasteiger partial charge in [0.25, 0.3) is 0 Å². The molecule has 0 bridgehead atoms. The number of halogens is 1. The van der Waals surface area contributed by atoms with Crippen molar-refractivity contribution >= 4 is 17.0 Å². The molecule has 168 valence electrons. The number of methoxy groups -OCH3 is 3. The molecule has 0 fully saturated rings. The Bertz CT molecular complexity index is 1150. The van der Waals surface area contributed by atoms with Crippen LogP contribution in [0.25, 0.3) is 11.3 Å². The molecule has 3 aromatic rings. The van der Waals surface area contributed by atoms with Gasteiger partial charge >= 0.3 is 0 Å². The Labute approximate surface area is 190 Å². The van der Waals surface area contributed by atoms with E-state index in [4.69, 9.17) is 19.3 Å². The lowest BCUT2D eigenvalue weighted by molar-refractivity contribution is 0.324. The first-order valence-corrected chi connectivity index (χ1v) is 10.9. The van der Waals surface area contributed by atoms with Crippen molar-refractivity contribution in [1.82, 2.24) is 4.68 Å². The molecule has 1 aromatic heterocycles. The van der Waals surface area contributed by atoms with Crippen LogP contribution in [-0.2, 0) is 0 Å². The van der Waals surface area contributed by atoms with E-state index in [9.17, 15) is 4.39 Å². The zero-order valence-electron chi connectivity index (χ0n) is 18.6. The van der Waals surface area contributed by atoms with Crippen molar-refractivity contribution in [2.45, 2.75) is 13.3 Å². The van der Waals surface area contributed by atoms with E-state index < -0.39 is 0 Å². The van der Waals surface area contributed by atoms with Crippen LogP contribution in [0.3, 0.4) is 0 Å². The zero-order valence-corrected chi connectivity index (χ0v) is 19.4. The molecule has 1 heterocycles. The summed E-state index contributed by atoms with van der Waals surface area (Å²) in [6.07, 6.45) is 2.39. The van der Waals surface area contributed by atoms with Gasteiger partial charge in [-0.15, -0.1) is 17.9 Å². The van der Waals surface area contributed by atoms with E-state index in [0.717, 1.165) is 22.5 Å². The molecule has 0 aliphatic heterocycles. The van der Waals surface area contributed by atoms with Gasteiger partial charge in [-0.25, -0.2) is 9.07 Å². The predicted molar refractivity (Wildman–Crippen MR) is 127 cm³/mol. The first-order chi connectivity index (χ1) is 15.6. The number of ether oxygens (including phenoxy) is 3. The molecule has 2 aromatic carbocycles. The molecule has 6 nitrogen and oxygen atoms in total. The molecule has 0 saturated carbocycles. The van der Waals surface area contributed by atoms with Gasteiger partial charge in [-0.05, 0) is 36.2 Å². The largest absolute Gasteiger partial charge is 0.493 e. The molecule has 8 heteroatoms. The molecule has 0 spiro atoms. The van der Waals surface area contributed by atoms with E-state index in [2.05, 4.69) is 11.6 Å². The van der Waals surface area contributed by atoms with E-state index in [1.54, 1.807) is 44.2 Å². The summed E-state index contributed by atoms with van der Waals surface area (Å²) in [5.41, 5.74) is 3.29. The summed E-state index contributed by atoms with van der Waals surface area (Å²) in [7, 11) is 4.72. The maximum atomic E-state index is 13.4. The number of hydrogen-bond acceptors (Lipinski definition) is 6. The fourth-order valence-electron chi connectivity index (χ4n) is 3.17. The third-order valence-electron chi connectivity index (χ3n) is 4.73. The summed E-state index contributed by atoms with van der Waals surface area (Å²) < 4.78 is 31.7. The SMILES string of the molecule is C=CCN=c1scc(-c2cc(OC)c(OC)c(OC)c2)n1N=C(CC)c1ccc(F)cc1. The minimum absolute atomic E-state index is 0.285. The van der Waals surface area contributed by atoms with E-state index in [-0.39, 0.29) is 5.82 Å². The minimum Gasteiger partial charge on any atom is -0.493 e. The average molecular weight is 456 g/mol. The van der Waals surface area contributed by atoms with Gasteiger partial charge in [-0.1, -0.05) is 25.1 Å². The maximum Gasteiger partial charge on any atom is 0.206 e. The van der Waals surface area contributed by atoms with Gasteiger partial charge < -0.3 is 14.2 Å². The zero-order chi connectivity index (χ0) is 23.1. The van der Waals surface area contributed by atoms with Crippen LogP contribution in [-0.4, -0.2) is 38.3 Å². The van der Waals surface area contributed by atoms with Crippen molar-refractivity contribution in [3.8, 4) is 28.5 Å². The number of thiazole rings is 1. The van der Waals surface area contributed by atoms with Crippen LogP contribution in [0.1, 0.15) is 18.9 Å². The monoisotopic (exact) mass is 455 g/mol. The Morgan fingerprint density at radius 2 is 1.75 bits per heavy atom. The van der Waals surface area contributed by atoms with Crippen LogP contribution < -0.4 is 19.0 Å². The maximum absolute atomic E-state index is 13.4. The first-order valence-electron chi connectivity index (χ1n) is 10.0. The van der Waals surface area contributed by atoms with Crippen LogP contribution in [0.5, 0.6) is 17.2 Å². The summed E-state index contributed by atoms with van der Waals surface area (Å²) in [6, 6.07) is 10.1. The van der Waals surface area contributed by atoms with Crippen molar-refractivity contribution in [1.29, 1.82) is 0 Å². The minimum atomic E-state index is -0.285. The Kier molecular flexibility index (Phi) is 7.83. The topological polar surface area (TPSA) is 57.3 Å². The second-order valence-electron chi connectivity index (χ2n) is 6.67. The quantitative estimate of drug-likeness (QED) is 0.332. The van der Waals surface area contributed by atoms with Crippen molar-refractivity contribution in [2.75, 3.05) is 27.9 Å². The average Bonchev–Trinajstić information content (AvgIpc) is 3.22. The molecule has 0 unspecified atom stereocenters. The van der Waals surface area contributed by atoms with Gasteiger partial charge in [0.05, 0.1) is 39.3 Å². The molecule has 0 N–H and O–H groups in total. The van der Waals surface area contributed by atoms with Crippen LogP contribution in [0.15, 0.2) is 64.5 Å². The van der Waals surface area contributed by atoms with Crippen LogP contribution in [0.2, 0.25) is 0 Å². The second kappa shape index (κ2) is 10.8. The fourth-order valence-corrected chi connectivity index (χ4v) is 4.01. The van der Waals surface area contributed by atoms with Crippen LogP contribution in [0.4, 0.5) is 4.39 Å². The number of hydrogen-bond donors (Lipinski definition) is 0. The third kappa shape index (κ3) is 4.91. The summed E-state index contributed by atoms with van der Waals surface area (Å²) in [6.45, 7) is 6.22. The lowest BCUT2D eigenvalue weighted by Gasteiger charge is -2.14. The summed E-state index contributed by atoms with van der Waals surface area (Å²) in [5.74, 6) is 1.32. The Morgan fingerprint density at radius 3 is 2.28 bits per heavy atom. The van der Waals surface area contributed by atoms with Gasteiger partial charge in [0.1, 0.15) is 5.82 Å². The highest BCUT2D eigenvalue weighted by Crippen LogP contribution is 2.41. The van der Waals surface area contributed by atoms with Crippen LogP contribution in [0, 0.1) is 5.82 Å². The number of nitrogens with zero attached hydrogens (tertiary/aromatic N) is 3. The molecule has 3 rings (SSSR count). The Balaban J connectivity index is 2.24. The molecule has 0 radical (unpaired) electrons. The molecule has 0 aliphatic rings. The molecular formula is C24H26FN3O3S. The van der Waals surface area contributed by atoms with Gasteiger partial charge in [0.2, 0.25) is 10.6 Å². The first kappa shape index (κ1) is 23.3. The van der Waals surface area contributed by atoms with Crippen molar-refractivity contribution in [2.24, 2.45) is 10.1 Å². The summed E-state index contributed by atoms with van der Waals surface area (Å²) in [5, 5.41) is 6.88. The molecule has 0 aliphatic carbocycles. The number of benzene rings is 2. The molecular weight excluding hydrogens is 429 g/mol. The van der Waals surface area contributed by atoms with Crippen molar-refractivity contribution in [3.05, 3.63) is 70.6 Å². The molecule has 32 heavy (non-hydrogen) atoms. The van der Waals surface area contributed by atoms with Gasteiger partial charge in [-0.3, -0.25) is 4.99 Å². The standard InChI is InChI=1S/C24H26FN3O3S/c1-6-12-26-24-28(27-19(7-2)16-8-10-18(25)11-9-16)20(15-32-24)17-13-21(29-3)23(31-5)22(14-17)30-4/h6,8-11,13-15H,1,7,12H2,2-5H3. The highest BCUT2D eigenvalue weighted by Gasteiger charge is 2.17. The van der Waals surface area contributed by atoms with E-state index >= 15 is 0 Å². The number of aromatic nitrogens is 1. The second-order valence-corrected chi connectivity index (χ2v) is 7.50. The van der Waals surface area contributed by atoms with Gasteiger partial charge in [-0.2, -0.15) is 5.10 Å². The molecule has 0 atom stereocenters. The van der Waals surface area contributed by atoms with Gasteiger partial charge in [0, 0.05) is 10.9 Å². The lowest BCUT2D eigenvalue weighted by atomic mass is 10.1. The smallest absolute Gasteiger partial charge is 0.206 e. The Hall–Kier alpha value is -3.39. The summed E-state index contributed by atoms with van der Waals surface area (Å²) in [4.78, 5) is 5.30. The highest BCUT2D eigenvalue weighted by molar-refractivity contribution is 7.07. The molecule has 0 amide bonds. The van der Waals surface area contributed by atoms with Gasteiger partial charge in [0.15, 0.2) is 11.5 Å².